The second-order valence-electron chi connectivity index (χ2n) is 6.03. The minimum atomic E-state index is 0.0639. The van der Waals surface area contributed by atoms with Crippen molar-refractivity contribution in [1.82, 2.24) is 4.90 Å². The SMILES string of the molecule is COc1ccc([C@@H]2c3ccsc3CCN2C(=O)C2CC2)cc1. The molecule has 0 saturated heterocycles. The maximum Gasteiger partial charge on any atom is 0.226 e. The first-order chi connectivity index (χ1) is 10.8. The van der Waals surface area contributed by atoms with Crippen LogP contribution in [0.4, 0.5) is 0 Å². The maximum atomic E-state index is 12.7. The second kappa shape index (κ2) is 5.43. The Bertz CT molecular complexity index is 687. The molecule has 1 aromatic carbocycles. The highest BCUT2D eigenvalue weighted by atomic mass is 32.1. The van der Waals surface area contributed by atoms with E-state index in [2.05, 4.69) is 28.5 Å². The van der Waals surface area contributed by atoms with Gasteiger partial charge in [0.15, 0.2) is 0 Å². The van der Waals surface area contributed by atoms with E-state index < -0.39 is 0 Å². The molecule has 0 N–H and O–H groups in total. The maximum absolute atomic E-state index is 12.7. The number of hydrogen-bond donors (Lipinski definition) is 0. The summed E-state index contributed by atoms with van der Waals surface area (Å²) in [4.78, 5) is 16.2. The predicted octanol–water partition coefficient (Wildman–Crippen LogP) is 3.64. The minimum absolute atomic E-state index is 0.0639. The van der Waals surface area contributed by atoms with Gasteiger partial charge < -0.3 is 9.64 Å². The van der Waals surface area contributed by atoms with Crippen molar-refractivity contribution in [3.05, 3.63) is 51.7 Å². The van der Waals surface area contributed by atoms with Crippen LogP contribution in [0.3, 0.4) is 0 Å². The third-order valence-electron chi connectivity index (χ3n) is 4.61. The third-order valence-corrected chi connectivity index (χ3v) is 5.60. The number of amides is 1. The van der Waals surface area contributed by atoms with Gasteiger partial charge in [-0.25, -0.2) is 0 Å². The molecule has 0 bridgehead atoms. The van der Waals surface area contributed by atoms with Crippen molar-refractivity contribution in [3.8, 4) is 5.75 Å². The molecule has 2 aliphatic rings. The highest BCUT2D eigenvalue weighted by molar-refractivity contribution is 7.10. The van der Waals surface area contributed by atoms with Crippen molar-refractivity contribution in [2.45, 2.75) is 25.3 Å². The highest BCUT2D eigenvalue weighted by Crippen LogP contribution is 2.41. The number of carbonyl (C=O) groups excluding carboxylic acids is 1. The van der Waals surface area contributed by atoms with E-state index in [1.165, 1.54) is 16.0 Å². The molecule has 1 aliphatic heterocycles. The van der Waals surface area contributed by atoms with Gasteiger partial charge in [0.25, 0.3) is 0 Å². The molecule has 3 nitrogen and oxygen atoms in total. The topological polar surface area (TPSA) is 29.5 Å². The van der Waals surface area contributed by atoms with Crippen LogP contribution in [-0.4, -0.2) is 24.5 Å². The number of rotatable bonds is 3. The van der Waals surface area contributed by atoms with Gasteiger partial charge in [0.05, 0.1) is 13.2 Å². The smallest absolute Gasteiger partial charge is 0.226 e. The fourth-order valence-electron chi connectivity index (χ4n) is 3.26. The number of hydrogen-bond acceptors (Lipinski definition) is 3. The van der Waals surface area contributed by atoms with Crippen LogP contribution in [0.1, 0.15) is 34.9 Å². The monoisotopic (exact) mass is 313 g/mol. The standard InChI is InChI=1S/C18H19NO2S/c1-21-14-6-4-12(5-7-14)17-15-9-11-22-16(15)8-10-19(17)18(20)13-2-3-13/h4-7,9,11,13,17H,2-3,8,10H2,1H3/t17-/m1/s1. The van der Waals surface area contributed by atoms with E-state index in [4.69, 9.17) is 4.74 Å². The van der Waals surface area contributed by atoms with E-state index in [9.17, 15) is 4.79 Å². The van der Waals surface area contributed by atoms with Gasteiger partial charge in [-0.05, 0) is 54.0 Å². The summed E-state index contributed by atoms with van der Waals surface area (Å²) in [5.74, 6) is 1.45. The molecule has 4 heteroatoms. The van der Waals surface area contributed by atoms with Gasteiger partial charge in [-0.3, -0.25) is 4.79 Å². The summed E-state index contributed by atoms with van der Waals surface area (Å²) in [5, 5.41) is 2.15. The highest BCUT2D eigenvalue weighted by Gasteiger charge is 2.39. The molecule has 2 aromatic rings. The Morgan fingerprint density at radius 3 is 2.68 bits per heavy atom. The van der Waals surface area contributed by atoms with Crippen LogP contribution >= 0.6 is 11.3 Å². The Balaban J connectivity index is 1.74. The average molecular weight is 313 g/mol. The molecule has 2 heterocycles. The van der Waals surface area contributed by atoms with Crippen LogP contribution in [0.25, 0.3) is 0 Å². The van der Waals surface area contributed by atoms with E-state index in [1.807, 2.05) is 12.1 Å². The van der Waals surface area contributed by atoms with Crippen molar-refractivity contribution in [3.63, 3.8) is 0 Å². The zero-order valence-corrected chi connectivity index (χ0v) is 13.4. The van der Waals surface area contributed by atoms with Crippen LogP contribution in [0.5, 0.6) is 5.75 Å². The molecular weight excluding hydrogens is 294 g/mol. The van der Waals surface area contributed by atoms with Gasteiger partial charge in [0.2, 0.25) is 5.91 Å². The average Bonchev–Trinajstić information content (AvgIpc) is 3.31. The van der Waals surface area contributed by atoms with Crippen LogP contribution in [0.15, 0.2) is 35.7 Å². The lowest BCUT2D eigenvalue weighted by atomic mass is 9.93. The zero-order valence-electron chi connectivity index (χ0n) is 12.6. The molecule has 1 atom stereocenters. The minimum Gasteiger partial charge on any atom is -0.497 e. The summed E-state index contributed by atoms with van der Waals surface area (Å²) >= 11 is 1.81. The van der Waals surface area contributed by atoms with Crippen LogP contribution in [0, 0.1) is 5.92 Å². The van der Waals surface area contributed by atoms with Crippen LogP contribution in [0.2, 0.25) is 0 Å². The van der Waals surface area contributed by atoms with Gasteiger partial charge in [0.1, 0.15) is 5.75 Å². The number of ether oxygens (including phenoxy) is 1. The Morgan fingerprint density at radius 1 is 1.23 bits per heavy atom. The van der Waals surface area contributed by atoms with E-state index in [-0.39, 0.29) is 12.0 Å². The first-order valence-electron chi connectivity index (χ1n) is 7.78. The number of benzene rings is 1. The van der Waals surface area contributed by atoms with Crippen molar-refractivity contribution < 1.29 is 9.53 Å². The number of methoxy groups -OCH3 is 1. The van der Waals surface area contributed by atoms with Crippen molar-refractivity contribution in [2.75, 3.05) is 13.7 Å². The third kappa shape index (κ3) is 2.31. The molecule has 1 aromatic heterocycles. The number of carbonyl (C=O) groups is 1. The number of nitrogens with zero attached hydrogens (tertiary/aromatic N) is 1. The van der Waals surface area contributed by atoms with Crippen LogP contribution < -0.4 is 4.74 Å². The zero-order chi connectivity index (χ0) is 15.1. The van der Waals surface area contributed by atoms with Gasteiger partial charge >= 0.3 is 0 Å². The van der Waals surface area contributed by atoms with Gasteiger partial charge in [0, 0.05) is 17.3 Å². The van der Waals surface area contributed by atoms with Gasteiger partial charge in [-0.2, -0.15) is 0 Å². The molecule has 1 saturated carbocycles. The van der Waals surface area contributed by atoms with Gasteiger partial charge in [-0.1, -0.05) is 12.1 Å². The summed E-state index contributed by atoms with van der Waals surface area (Å²) in [7, 11) is 1.68. The molecule has 0 unspecified atom stereocenters. The first-order valence-corrected chi connectivity index (χ1v) is 8.66. The molecule has 1 amide bonds. The van der Waals surface area contributed by atoms with Crippen molar-refractivity contribution >= 4 is 17.2 Å². The molecule has 1 aliphatic carbocycles. The molecule has 4 rings (SSSR count). The summed E-state index contributed by atoms with van der Waals surface area (Å²) in [5.41, 5.74) is 2.48. The first kappa shape index (κ1) is 13.8. The Morgan fingerprint density at radius 2 is 2.00 bits per heavy atom. The molecule has 1 fully saturated rings. The number of thiophene rings is 1. The van der Waals surface area contributed by atoms with Crippen molar-refractivity contribution in [1.29, 1.82) is 0 Å². The fraction of sp³-hybridized carbons (Fsp3) is 0.389. The summed E-state index contributed by atoms with van der Waals surface area (Å²) in [6.07, 6.45) is 3.10. The summed E-state index contributed by atoms with van der Waals surface area (Å²) < 4.78 is 5.26. The molecule has 22 heavy (non-hydrogen) atoms. The molecule has 114 valence electrons. The Kier molecular flexibility index (Phi) is 3.41. The van der Waals surface area contributed by atoms with E-state index in [1.54, 1.807) is 18.4 Å². The second-order valence-corrected chi connectivity index (χ2v) is 7.03. The van der Waals surface area contributed by atoms with Gasteiger partial charge in [-0.15, -0.1) is 11.3 Å². The molecule has 0 radical (unpaired) electrons. The summed E-state index contributed by atoms with van der Waals surface area (Å²) in [6, 6.07) is 10.4. The lowest BCUT2D eigenvalue weighted by Gasteiger charge is -2.36. The van der Waals surface area contributed by atoms with Crippen molar-refractivity contribution in [2.24, 2.45) is 5.92 Å². The Hall–Kier alpha value is -1.81. The Labute approximate surface area is 134 Å². The predicted molar refractivity (Wildman–Crippen MR) is 87.3 cm³/mol. The summed E-state index contributed by atoms with van der Waals surface area (Å²) in [6.45, 7) is 0.833. The van der Waals surface area contributed by atoms with E-state index in [0.29, 0.717) is 5.91 Å². The lowest BCUT2D eigenvalue weighted by molar-refractivity contribution is -0.134. The van der Waals surface area contributed by atoms with Crippen LogP contribution in [-0.2, 0) is 11.2 Å². The molecule has 0 spiro atoms. The quantitative estimate of drug-likeness (QED) is 0.866. The fourth-order valence-corrected chi connectivity index (χ4v) is 4.17. The lowest BCUT2D eigenvalue weighted by Crippen LogP contribution is -2.40. The normalized spacial score (nSPS) is 20.6. The largest absolute Gasteiger partial charge is 0.497 e. The number of fused-ring (bicyclic) bond motifs is 1. The van der Waals surface area contributed by atoms with E-state index >= 15 is 0 Å². The molecular formula is C18H19NO2S. The van der Waals surface area contributed by atoms with E-state index in [0.717, 1.165) is 31.6 Å².